The first kappa shape index (κ1) is 15.3. The van der Waals surface area contributed by atoms with Crippen LogP contribution in [0.25, 0.3) is 0 Å². The highest BCUT2D eigenvalue weighted by atomic mass is 79.9. The first-order chi connectivity index (χ1) is 9.48. The number of aliphatic carboxylic acids is 1. The third kappa shape index (κ3) is 2.99. The van der Waals surface area contributed by atoms with Gasteiger partial charge in [-0.3, -0.25) is 4.79 Å². The molecule has 0 saturated heterocycles. The standard InChI is InChI=1S/C15H19BrO4/c1-20-12-6-5-10(9-11(12)16)13(14(17)18)15(19)7-3-2-4-8-15/h5-6,9,13,19H,2-4,7-8H2,1H3,(H,17,18)/t13-/m1/s1. The molecule has 0 amide bonds. The minimum Gasteiger partial charge on any atom is -0.496 e. The predicted octanol–water partition coefficient (Wildman–Crippen LogP) is 3.32. The van der Waals surface area contributed by atoms with E-state index < -0.39 is 17.5 Å². The molecule has 1 aliphatic rings. The van der Waals surface area contributed by atoms with Crippen molar-refractivity contribution in [1.29, 1.82) is 0 Å². The van der Waals surface area contributed by atoms with Crippen LogP contribution in [0.3, 0.4) is 0 Å². The summed E-state index contributed by atoms with van der Waals surface area (Å²) in [5, 5.41) is 20.3. The fourth-order valence-electron chi connectivity index (χ4n) is 3.00. The highest BCUT2D eigenvalue weighted by molar-refractivity contribution is 9.10. The van der Waals surface area contributed by atoms with Crippen LogP contribution in [0.2, 0.25) is 0 Å². The van der Waals surface area contributed by atoms with Gasteiger partial charge in [0.25, 0.3) is 0 Å². The SMILES string of the molecule is COc1ccc([C@H](C(=O)O)C2(O)CCCCC2)cc1Br. The minimum absolute atomic E-state index is 0.535. The number of hydrogen-bond acceptors (Lipinski definition) is 3. The van der Waals surface area contributed by atoms with Gasteiger partial charge in [0.15, 0.2) is 0 Å². The molecule has 1 aromatic carbocycles. The maximum Gasteiger partial charge on any atom is 0.313 e. The number of carbonyl (C=O) groups is 1. The summed E-state index contributed by atoms with van der Waals surface area (Å²) in [5.74, 6) is -1.23. The maximum absolute atomic E-state index is 11.7. The normalized spacial score (nSPS) is 19.4. The first-order valence-electron chi connectivity index (χ1n) is 6.76. The van der Waals surface area contributed by atoms with E-state index in [2.05, 4.69) is 15.9 Å². The van der Waals surface area contributed by atoms with E-state index in [1.54, 1.807) is 25.3 Å². The lowest BCUT2D eigenvalue weighted by molar-refractivity contribution is -0.147. The van der Waals surface area contributed by atoms with Crippen molar-refractivity contribution in [2.45, 2.75) is 43.6 Å². The molecule has 1 aliphatic carbocycles. The Hall–Kier alpha value is -1.07. The van der Waals surface area contributed by atoms with Gasteiger partial charge in [-0.1, -0.05) is 25.3 Å². The molecule has 0 unspecified atom stereocenters. The Morgan fingerprint density at radius 2 is 2.00 bits per heavy atom. The average Bonchev–Trinajstić information content (AvgIpc) is 2.39. The van der Waals surface area contributed by atoms with Crippen LogP contribution >= 0.6 is 15.9 Å². The van der Waals surface area contributed by atoms with Gasteiger partial charge < -0.3 is 14.9 Å². The summed E-state index contributed by atoms with van der Waals surface area (Å²) in [6.07, 6.45) is 3.87. The molecule has 0 aromatic heterocycles. The van der Waals surface area contributed by atoms with Crippen LogP contribution in [-0.2, 0) is 4.79 Å². The van der Waals surface area contributed by atoms with Gasteiger partial charge in [-0.15, -0.1) is 0 Å². The lowest BCUT2D eigenvalue weighted by Crippen LogP contribution is -2.42. The van der Waals surface area contributed by atoms with Crippen LogP contribution in [0.5, 0.6) is 5.75 Å². The van der Waals surface area contributed by atoms with Gasteiger partial charge in [-0.25, -0.2) is 0 Å². The van der Waals surface area contributed by atoms with E-state index >= 15 is 0 Å². The summed E-state index contributed by atoms with van der Waals surface area (Å²) in [4.78, 5) is 11.7. The molecule has 2 rings (SSSR count). The Morgan fingerprint density at radius 3 is 2.50 bits per heavy atom. The fraction of sp³-hybridized carbons (Fsp3) is 0.533. The molecule has 5 heteroatoms. The Kier molecular flexibility index (Phi) is 4.70. The second-order valence-electron chi connectivity index (χ2n) is 5.33. The molecule has 0 heterocycles. The van der Waals surface area contributed by atoms with E-state index in [9.17, 15) is 15.0 Å². The smallest absolute Gasteiger partial charge is 0.313 e. The van der Waals surface area contributed by atoms with Gasteiger partial charge in [0.05, 0.1) is 17.2 Å². The molecular formula is C15H19BrO4. The molecule has 110 valence electrons. The molecule has 1 aromatic rings. The number of carboxylic acids is 1. The van der Waals surface area contributed by atoms with Crippen LogP contribution in [0.4, 0.5) is 0 Å². The Morgan fingerprint density at radius 1 is 1.35 bits per heavy atom. The molecule has 2 N–H and O–H groups in total. The summed E-state index contributed by atoms with van der Waals surface area (Å²) in [5.41, 5.74) is -0.549. The predicted molar refractivity (Wildman–Crippen MR) is 79.1 cm³/mol. The van der Waals surface area contributed by atoms with Crippen molar-refractivity contribution < 1.29 is 19.7 Å². The molecule has 0 aliphatic heterocycles. The monoisotopic (exact) mass is 342 g/mol. The lowest BCUT2D eigenvalue weighted by Gasteiger charge is -2.37. The second kappa shape index (κ2) is 6.14. The second-order valence-corrected chi connectivity index (χ2v) is 6.18. The van der Waals surface area contributed by atoms with Crippen molar-refractivity contribution in [3.63, 3.8) is 0 Å². The molecule has 1 atom stereocenters. The number of ether oxygens (including phenoxy) is 1. The van der Waals surface area contributed by atoms with Crippen molar-refractivity contribution in [3.8, 4) is 5.75 Å². The van der Waals surface area contributed by atoms with Crippen LogP contribution in [0.1, 0.15) is 43.6 Å². The Balaban J connectivity index is 2.38. The zero-order chi connectivity index (χ0) is 14.8. The van der Waals surface area contributed by atoms with Crippen LogP contribution in [-0.4, -0.2) is 28.9 Å². The Labute approximate surface area is 126 Å². The number of aliphatic hydroxyl groups is 1. The molecule has 4 nitrogen and oxygen atoms in total. The van der Waals surface area contributed by atoms with E-state index in [4.69, 9.17) is 4.74 Å². The van der Waals surface area contributed by atoms with Crippen LogP contribution in [0.15, 0.2) is 22.7 Å². The van der Waals surface area contributed by atoms with E-state index in [-0.39, 0.29) is 0 Å². The molecule has 0 spiro atoms. The first-order valence-corrected chi connectivity index (χ1v) is 7.56. The molecule has 0 bridgehead atoms. The molecular weight excluding hydrogens is 324 g/mol. The number of benzene rings is 1. The van der Waals surface area contributed by atoms with Crippen molar-refractivity contribution in [2.75, 3.05) is 7.11 Å². The number of halogens is 1. The third-order valence-corrected chi connectivity index (χ3v) is 4.63. The van der Waals surface area contributed by atoms with E-state index in [1.807, 2.05) is 0 Å². The molecule has 1 saturated carbocycles. The quantitative estimate of drug-likeness (QED) is 0.880. The van der Waals surface area contributed by atoms with Crippen molar-refractivity contribution in [3.05, 3.63) is 28.2 Å². The third-order valence-electron chi connectivity index (χ3n) is 4.01. The highest BCUT2D eigenvalue weighted by Gasteiger charge is 2.43. The van der Waals surface area contributed by atoms with Crippen LogP contribution in [0, 0.1) is 0 Å². The summed E-state index contributed by atoms with van der Waals surface area (Å²) in [6, 6.07) is 5.17. The van der Waals surface area contributed by atoms with Gasteiger partial charge in [-0.05, 0) is 46.5 Å². The van der Waals surface area contributed by atoms with Gasteiger partial charge in [-0.2, -0.15) is 0 Å². The van der Waals surface area contributed by atoms with Crippen molar-refractivity contribution in [2.24, 2.45) is 0 Å². The summed E-state index contributed by atoms with van der Waals surface area (Å²) >= 11 is 3.37. The van der Waals surface area contributed by atoms with Crippen molar-refractivity contribution in [1.82, 2.24) is 0 Å². The zero-order valence-corrected chi connectivity index (χ0v) is 13.0. The van der Waals surface area contributed by atoms with Gasteiger partial charge in [0.1, 0.15) is 11.7 Å². The van der Waals surface area contributed by atoms with Gasteiger partial charge >= 0.3 is 5.97 Å². The van der Waals surface area contributed by atoms with E-state index in [0.29, 0.717) is 28.6 Å². The summed E-state index contributed by atoms with van der Waals surface area (Å²) in [7, 11) is 1.56. The molecule has 0 radical (unpaired) electrons. The highest BCUT2D eigenvalue weighted by Crippen LogP contribution is 2.41. The van der Waals surface area contributed by atoms with Crippen LogP contribution < -0.4 is 4.74 Å². The van der Waals surface area contributed by atoms with Crippen molar-refractivity contribution >= 4 is 21.9 Å². The molecule has 20 heavy (non-hydrogen) atoms. The fourth-order valence-corrected chi connectivity index (χ4v) is 3.56. The van der Waals surface area contributed by atoms with E-state index in [0.717, 1.165) is 19.3 Å². The Bertz CT molecular complexity index is 495. The number of methoxy groups -OCH3 is 1. The summed E-state index contributed by atoms with van der Waals surface area (Å²) in [6.45, 7) is 0. The number of hydrogen-bond donors (Lipinski definition) is 2. The number of carboxylic acid groups (broad SMARTS) is 1. The topological polar surface area (TPSA) is 66.8 Å². The summed E-state index contributed by atoms with van der Waals surface area (Å²) < 4.78 is 5.85. The minimum atomic E-state index is -1.15. The van der Waals surface area contributed by atoms with Gasteiger partial charge in [0.2, 0.25) is 0 Å². The zero-order valence-electron chi connectivity index (χ0n) is 11.4. The lowest BCUT2D eigenvalue weighted by atomic mass is 9.73. The number of rotatable bonds is 4. The maximum atomic E-state index is 11.7. The average molecular weight is 343 g/mol. The largest absolute Gasteiger partial charge is 0.496 e. The molecule has 1 fully saturated rings. The van der Waals surface area contributed by atoms with E-state index in [1.165, 1.54) is 0 Å². The van der Waals surface area contributed by atoms with Gasteiger partial charge in [0, 0.05) is 0 Å².